The Hall–Kier alpha value is -1.45. The molecule has 21 heavy (non-hydrogen) atoms. The van der Waals surface area contributed by atoms with Crippen LogP contribution in [0.25, 0.3) is 0 Å². The van der Waals surface area contributed by atoms with E-state index in [0.29, 0.717) is 24.7 Å². The monoisotopic (exact) mass is 390 g/mol. The minimum Gasteiger partial charge on any atom is -0.486 e. The highest BCUT2D eigenvalue weighted by atomic mass is 79.9. The molecule has 9 heteroatoms. The zero-order valence-corrected chi connectivity index (χ0v) is 13.8. The van der Waals surface area contributed by atoms with E-state index in [9.17, 15) is 8.42 Å². The van der Waals surface area contributed by atoms with Crippen molar-refractivity contribution in [2.45, 2.75) is 4.21 Å². The fraction of sp³-hybridized carbons (Fsp3) is 0.167. The lowest BCUT2D eigenvalue weighted by atomic mass is 10.2. The highest BCUT2D eigenvalue weighted by Crippen LogP contribution is 2.38. The van der Waals surface area contributed by atoms with Crippen molar-refractivity contribution in [2.75, 3.05) is 23.7 Å². The lowest BCUT2D eigenvalue weighted by molar-refractivity contribution is 0.172. The molecule has 0 saturated heterocycles. The largest absolute Gasteiger partial charge is 0.486 e. The first-order chi connectivity index (χ1) is 9.95. The number of halogens is 1. The molecule has 6 nitrogen and oxygen atoms in total. The Morgan fingerprint density at radius 1 is 1.19 bits per heavy atom. The summed E-state index contributed by atoms with van der Waals surface area (Å²) in [5.41, 5.74) is 6.41. The molecule has 0 amide bonds. The fourth-order valence-corrected chi connectivity index (χ4v) is 4.92. The quantitative estimate of drug-likeness (QED) is 0.786. The molecule has 0 bridgehead atoms. The third kappa shape index (κ3) is 2.94. The van der Waals surface area contributed by atoms with Gasteiger partial charge in [0.15, 0.2) is 11.5 Å². The topological polar surface area (TPSA) is 90.7 Å². The Balaban J connectivity index is 1.94. The van der Waals surface area contributed by atoms with E-state index >= 15 is 0 Å². The molecule has 1 aliphatic rings. The number of sulfonamides is 1. The summed E-state index contributed by atoms with van der Waals surface area (Å²) in [6.45, 7) is 0.863. The number of nitrogens with one attached hydrogen (secondary N) is 1. The number of fused-ring (bicyclic) bond motifs is 1. The van der Waals surface area contributed by atoms with Crippen molar-refractivity contribution < 1.29 is 17.9 Å². The van der Waals surface area contributed by atoms with Crippen LogP contribution >= 0.6 is 27.3 Å². The zero-order valence-electron chi connectivity index (χ0n) is 10.6. The third-order valence-corrected chi connectivity index (χ3v) is 6.25. The van der Waals surface area contributed by atoms with Crippen LogP contribution < -0.4 is 19.9 Å². The van der Waals surface area contributed by atoms with Crippen LogP contribution in [-0.4, -0.2) is 21.6 Å². The smallest absolute Gasteiger partial charge is 0.271 e. The number of nitrogens with two attached hydrogens (primary N) is 1. The number of hydrogen-bond acceptors (Lipinski definition) is 6. The number of hydrogen-bond donors (Lipinski definition) is 2. The summed E-state index contributed by atoms with van der Waals surface area (Å²) >= 11 is 4.36. The number of nitrogen functional groups attached to an aromatic ring is 1. The molecule has 2 aromatic rings. The van der Waals surface area contributed by atoms with E-state index in [1.807, 2.05) is 0 Å². The molecule has 3 N–H and O–H groups in total. The third-order valence-electron chi connectivity index (χ3n) is 2.77. The van der Waals surface area contributed by atoms with Gasteiger partial charge in [-0.15, -0.1) is 11.3 Å². The zero-order chi connectivity index (χ0) is 15.0. The Bertz CT molecular complexity index is 789. The number of rotatable bonds is 3. The van der Waals surface area contributed by atoms with E-state index in [1.54, 1.807) is 12.1 Å². The van der Waals surface area contributed by atoms with Gasteiger partial charge < -0.3 is 15.2 Å². The minimum atomic E-state index is -3.68. The van der Waals surface area contributed by atoms with Gasteiger partial charge in [0.2, 0.25) is 0 Å². The van der Waals surface area contributed by atoms with Crippen LogP contribution in [0, 0.1) is 0 Å². The molecule has 1 aromatic carbocycles. The average Bonchev–Trinajstić information content (AvgIpc) is 2.87. The molecule has 1 aliphatic heterocycles. The van der Waals surface area contributed by atoms with Crippen molar-refractivity contribution >= 4 is 48.7 Å². The second kappa shape index (κ2) is 5.39. The minimum absolute atomic E-state index is 0.198. The highest BCUT2D eigenvalue weighted by molar-refractivity contribution is 9.11. The second-order valence-corrected chi connectivity index (χ2v) is 8.62. The summed E-state index contributed by atoms with van der Waals surface area (Å²) in [6, 6.07) is 6.28. The molecular weight excluding hydrogens is 380 g/mol. The molecule has 3 rings (SSSR count). The van der Waals surface area contributed by atoms with Gasteiger partial charge in [-0.25, -0.2) is 8.42 Å². The van der Waals surface area contributed by atoms with Crippen molar-refractivity contribution in [1.29, 1.82) is 0 Å². The molecule has 0 aliphatic carbocycles. The lowest BCUT2D eigenvalue weighted by Crippen LogP contribution is -2.17. The maximum atomic E-state index is 12.3. The van der Waals surface area contributed by atoms with Crippen LogP contribution in [0.5, 0.6) is 11.5 Å². The Kier molecular flexibility index (Phi) is 3.72. The van der Waals surface area contributed by atoms with Crippen molar-refractivity contribution in [1.82, 2.24) is 0 Å². The second-order valence-electron chi connectivity index (χ2n) is 4.25. The summed E-state index contributed by atoms with van der Waals surface area (Å²) < 4.78 is 38.8. The maximum Gasteiger partial charge on any atom is 0.271 e. The van der Waals surface area contributed by atoms with Gasteiger partial charge in [-0.1, -0.05) is 0 Å². The van der Waals surface area contributed by atoms with E-state index in [1.165, 1.54) is 12.1 Å². The van der Waals surface area contributed by atoms with Gasteiger partial charge >= 0.3 is 0 Å². The van der Waals surface area contributed by atoms with Gasteiger partial charge in [-0.2, -0.15) is 0 Å². The van der Waals surface area contributed by atoms with Gasteiger partial charge in [0.1, 0.15) is 17.4 Å². The van der Waals surface area contributed by atoms with Crippen molar-refractivity contribution in [3.8, 4) is 11.5 Å². The Labute approximate surface area is 134 Å². The maximum absolute atomic E-state index is 12.3. The van der Waals surface area contributed by atoms with E-state index in [0.717, 1.165) is 15.1 Å². The molecule has 2 heterocycles. The van der Waals surface area contributed by atoms with E-state index < -0.39 is 10.0 Å². The highest BCUT2D eigenvalue weighted by Gasteiger charge is 2.21. The van der Waals surface area contributed by atoms with Gasteiger partial charge in [0.25, 0.3) is 10.0 Å². The molecule has 0 saturated carbocycles. The number of ether oxygens (including phenoxy) is 2. The number of thiophene rings is 1. The van der Waals surface area contributed by atoms with Gasteiger partial charge in [-0.05, 0) is 28.1 Å². The van der Waals surface area contributed by atoms with Crippen LogP contribution in [0.2, 0.25) is 0 Å². The molecule has 0 unspecified atom stereocenters. The molecule has 0 spiro atoms. The van der Waals surface area contributed by atoms with Crippen molar-refractivity contribution in [3.63, 3.8) is 0 Å². The standard InChI is InChI=1S/C12H11BrN2O4S2/c13-11-1-2-12(20-11)21(16,17)15-8-6-10-9(5-7(8)14)18-3-4-19-10/h1-2,5-6,15H,3-4,14H2. The summed E-state index contributed by atoms with van der Waals surface area (Å²) in [7, 11) is -3.68. The average molecular weight is 391 g/mol. The SMILES string of the molecule is Nc1cc2c(cc1NS(=O)(=O)c1ccc(Br)s1)OCCO2. The van der Waals surface area contributed by atoms with Crippen molar-refractivity contribution in [2.24, 2.45) is 0 Å². The molecule has 0 radical (unpaired) electrons. The Morgan fingerprint density at radius 3 is 2.48 bits per heavy atom. The molecular formula is C12H11BrN2O4S2. The number of anilines is 2. The first-order valence-electron chi connectivity index (χ1n) is 5.93. The van der Waals surface area contributed by atoms with Crippen LogP contribution in [0.4, 0.5) is 11.4 Å². The summed E-state index contributed by atoms with van der Waals surface area (Å²) in [6.07, 6.45) is 0. The molecule has 0 fully saturated rings. The predicted octanol–water partition coefficient (Wildman–Crippen LogP) is 2.66. The lowest BCUT2D eigenvalue weighted by Gasteiger charge is -2.20. The molecule has 0 atom stereocenters. The van der Waals surface area contributed by atoms with Gasteiger partial charge in [0, 0.05) is 12.1 Å². The first kappa shape index (κ1) is 14.5. The summed E-state index contributed by atoms with van der Waals surface area (Å²) in [4.78, 5) is 0. The van der Waals surface area contributed by atoms with E-state index in [2.05, 4.69) is 20.7 Å². The predicted molar refractivity (Wildman–Crippen MR) is 84.7 cm³/mol. The van der Waals surface area contributed by atoms with E-state index in [-0.39, 0.29) is 15.6 Å². The van der Waals surface area contributed by atoms with Crippen LogP contribution in [0.15, 0.2) is 32.3 Å². The summed E-state index contributed by atoms with van der Waals surface area (Å²) in [5.74, 6) is 0.987. The van der Waals surface area contributed by atoms with E-state index in [4.69, 9.17) is 15.2 Å². The molecule has 1 aromatic heterocycles. The summed E-state index contributed by atoms with van der Waals surface area (Å²) in [5, 5.41) is 0. The van der Waals surface area contributed by atoms with Crippen LogP contribution in [-0.2, 0) is 10.0 Å². The molecule has 112 valence electrons. The van der Waals surface area contributed by atoms with Gasteiger partial charge in [-0.3, -0.25) is 4.72 Å². The van der Waals surface area contributed by atoms with Gasteiger partial charge in [0.05, 0.1) is 15.2 Å². The van der Waals surface area contributed by atoms with Crippen molar-refractivity contribution in [3.05, 3.63) is 28.1 Å². The Morgan fingerprint density at radius 2 is 1.86 bits per heavy atom. The normalized spacial score (nSPS) is 14.0. The number of benzene rings is 1. The van der Waals surface area contributed by atoms with Crippen LogP contribution in [0.3, 0.4) is 0 Å². The first-order valence-corrected chi connectivity index (χ1v) is 9.02. The fourth-order valence-electron chi connectivity index (χ4n) is 1.83. The van der Waals surface area contributed by atoms with Crippen LogP contribution in [0.1, 0.15) is 0 Å².